The molecule has 0 amide bonds. The lowest BCUT2D eigenvalue weighted by atomic mass is 10.1. The number of aromatic nitrogens is 2. The smallest absolute Gasteiger partial charge is 0.310 e. The van der Waals surface area contributed by atoms with Gasteiger partial charge in [0.2, 0.25) is 0 Å². The molecule has 5 nitrogen and oxygen atoms in total. The molecule has 5 heteroatoms. The highest BCUT2D eigenvalue weighted by Crippen LogP contribution is 2.11. The molecule has 0 saturated carbocycles. The summed E-state index contributed by atoms with van der Waals surface area (Å²) < 4.78 is 6.83. The first-order chi connectivity index (χ1) is 8.75. The van der Waals surface area contributed by atoms with Crippen molar-refractivity contribution in [1.82, 2.24) is 9.78 Å². The number of carbonyl (C=O) groups is 1. The van der Waals surface area contributed by atoms with Crippen molar-refractivity contribution in [2.45, 2.75) is 13.0 Å². The SMILES string of the molecule is Nc1ccccc1CC(=O)OCCn1cccn1. The highest BCUT2D eigenvalue weighted by atomic mass is 16.5. The first kappa shape index (κ1) is 12.2. The molecule has 0 unspecified atom stereocenters. The zero-order chi connectivity index (χ0) is 12.8. The van der Waals surface area contributed by atoms with E-state index in [2.05, 4.69) is 5.10 Å². The Morgan fingerprint density at radius 1 is 1.33 bits per heavy atom. The fraction of sp³-hybridized carbons (Fsp3) is 0.231. The Morgan fingerprint density at radius 3 is 2.89 bits per heavy atom. The topological polar surface area (TPSA) is 70.1 Å². The number of nitrogens with two attached hydrogens (primary N) is 1. The molecule has 1 heterocycles. The molecule has 1 aromatic carbocycles. The van der Waals surface area contributed by atoms with Crippen LogP contribution in [0.25, 0.3) is 0 Å². The molecule has 2 aromatic rings. The largest absolute Gasteiger partial charge is 0.463 e. The Balaban J connectivity index is 1.77. The molecule has 2 N–H and O–H groups in total. The maximum absolute atomic E-state index is 11.6. The second-order valence-corrected chi connectivity index (χ2v) is 3.87. The van der Waals surface area contributed by atoms with Gasteiger partial charge in [-0.25, -0.2) is 0 Å². The number of nitrogen functional groups attached to an aromatic ring is 1. The molecule has 0 aliphatic carbocycles. The van der Waals surface area contributed by atoms with Crippen molar-refractivity contribution in [1.29, 1.82) is 0 Å². The van der Waals surface area contributed by atoms with Gasteiger partial charge < -0.3 is 10.5 Å². The van der Waals surface area contributed by atoms with Gasteiger partial charge in [-0.1, -0.05) is 18.2 Å². The third-order valence-corrected chi connectivity index (χ3v) is 2.53. The molecular weight excluding hydrogens is 230 g/mol. The van der Waals surface area contributed by atoms with Gasteiger partial charge in [0.15, 0.2) is 0 Å². The number of rotatable bonds is 5. The van der Waals surface area contributed by atoms with Gasteiger partial charge in [0, 0.05) is 18.1 Å². The number of esters is 1. The Kier molecular flexibility index (Phi) is 3.96. The molecule has 0 spiro atoms. The maximum Gasteiger partial charge on any atom is 0.310 e. The van der Waals surface area contributed by atoms with E-state index in [0.29, 0.717) is 18.8 Å². The molecule has 0 atom stereocenters. The van der Waals surface area contributed by atoms with Crippen molar-refractivity contribution in [2.24, 2.45) is 0 Å². The minimum absolute atomic E-state index is 0.200. The quantitative estimate of drug-likeness (QED) is 0.635. The van der Waals surface area contributed by atoms with Crippen molar-refractivity contribution < 1.29 is 9.53 Å². The molecule has 1 aromatic heterocycles. The Hall–Kier alpha value is -2.30. The maximum atomic E-state index is 11.6. The summed E-state index contributed by atoms with van der Waals surface area (Å²) in [5.74, 6) is -0.278. The summed E-state index contributed by atoms with van der Waals surface area (Å²) in [4.78, 5) is 11.6. The molecular formula is C13H15N3O2. The Morgan fingerprint density at radius 2 is 2.17 bits per heavy atom. The van der Waals surface area contributed by atoms with Crippen LogP contribution in [0.5, 0.6) is 0 Å². The molecule has 0 radical (unpaired) electrons. The van der Waals surface area contributed by atoms with Gasteiger partial charge in [-0.3, -0.25) is 9.48 Å². The number of nitrogens with zero attached hydrogens (tertiary/aromatic N) is 2. The summed E-state index contributed by atoms with van der Waals surface area (Å²) in [6.07, 6.45) is 3.71. The lowest BCUT2D eigenvalue weighted by molar-refractivity contribution is -0.143. The Labute approximate surface area is 105 Å². The van der Waals surface area contributed by atoms with Crippen molar-refractivity contribution in [3.8, 4) is 0 Å². The van der Waals surface area contributed by atoms with Crippen LogP contribution < -0.4 is 5.73 Å². The van der Waals surface area contributed by atoms with Gasteiger partial charge >= 0.3 is 5.97 Å². The molecule has 0 saturated heterocycles. The number of hydrogen-bond acceptors (Lipinski definition) is 4. The first-order valence-corrected chi connectivity index (χ1v) is 5.72. The van der Waals surface area contributed by atoms with Crippen LogP contribution in [0.15, 0.2) is 42.7 Å². The fourth-order valence-corrected chi connectivity index (χ4v) is 1.59. The van der Waals surface area contributed by atoms with Crippen LogP contribution in [0.3, 0.4) is 0 Å². The van der Waals surface area contributed by atoms with E-state index >= 15 is 0 Å². The lowest BCUT2D eigenvalue weighted by Gasteiger charge is -2.06. The Bertz CT molecular complexity index is 509. The van der Waals surface area contributed by atoms with Crippen molar-refractivity contribution in [2.75, 3.05) is 12.3 Å². The molecule has 0 aliphatic rings. The van der Waals surface area contributed by atoms with Gasteiger partial charge in [-0.15, -0.1) is 0 Å². The summed E-state index contributed by atoms with van der Waals surface area (Å²) in [6, 6.07) is 9.10. The van der Waals surface area contributed by atoms with Crippen LogP contribution in [0, 0.1) is 0 Å². The van der Waals surface area contributed by atoms with E-state index < -0.39 is 0 Å². The van der Waals surface area contributed by atoms with Crippen molar-refractivity contribution >= 4 is 11.7 Å². The van der Waals surface area contributed by atoms with Gasteiger partial charge in [-0.2, -0.15) is 5.10 Å². The van der Waals surface area contributed by atoms with Crippen LogP contribution in [-0.2, 0) is 22.5 Å². The minimum Gasteiger partial charge on any atom is -0.463 e. The highest BCUT2D eigenvalue weighted by Gasteiger charge is 2.07. The van der Waals surface area contributed by atoms with E-state index in [-0.39, 0.29) is 12.4 Å². The fourth-order valence-electron chi connectivity index (χ4n) is 1.59. The lowest BCUT2D eigenvalue weighted by Crippen LogP contribution is -2.14. The summed E-state index contributed by atoms with van der Waals surface area (Å²) >= 11 is 0. The second kappa shape index (κ2) is 5.86. The van der Waals surface area contributed by atoms with E-state index in [1.54, 1.807) is 16.9 Å². The predicted octanol–water partition coefficient (Wildman–Crippen LogP) is 1.25. The third-order valence-electron chi connectivity index (χ3n) is 2.53. The molecule has 0 bridgehead atoms. The van der Waals surface area contributed by atoms with Gasteiger partial charge in [0.25, 0.3) is 0 Å². The average molecular weight is 245 g/mol. The van der Waals surface area contributed by atoms with Gasteiger partial charge in [0.1, 0.15) is 6.61 Å². The van der Waals surface area contributed by atoms with Crippen LogP contribution >= 0.6 is 0 Å². The molecule has 0 aliphatic heterocycles. The minimum atomic E-state index is -0.278. The monoisotopic (exact) mass is 245 g/mol. The summed E-state index contributed by atoms with van der Waals surface area (Å²) in [7, 11) is 0. The zero-order valence-corrected chi connectivity index (χ0v) is 9.95. The van der Waals surface area contributed by atoms with E-state index in [1.165, 1.54) is 0 Å². The van der Waals surface area contributed by atoms with Crippen LogP contribution in [0.2, 0.25) is 0 Å². The highest BCUT2D eigenvalue weighted by molar-refractivity contribution is 5.74. The number of carbonyl (C=O) groups excluding carboxylic acids is 1. The summed E-state index contributed by atoms with van der Waals surface area (Å²) in [5.41, 5.74) is 7.16. The number of ether oxygens (including phenoxy) is 1. The van der Waals surface area contributed by atoms with Gasteiger partial charge in [0.05, 0.1) is 13.0 Å². The van der Waals surface area contributed by atoms with E-state index in [4.69, 9.17) is 10.5 Å². The first-order valence-electron chi connectivity index (χ1n) is 5.72. The van der Waals surface area contributed by atoms with Gasteiger partial charge in [-0.05, 0) is 17.7 Å². The van der Waals surface area contributed by atoms with Crippen LogP contribution in [-0.4, -0.2) is 22.4 Å². The third kappa shape index (κ3) is 3.35. The standard InChI is InChI=1S/C13H15N3O2/c14-12-5-2-1-4-11(12)10-13(17)18-9-8-16-7-3-6-15-16/h1-7H,8-10,14H2. The van der Waals surface area contributed by atoms with Crippen molar-refractivity contribution in [3.05, 3.63) is 48.3 Å². The van der Waals surface area contributed by atoms with Crippen molar-refractivity contribution in [3.63, 3.8) is 0 Å². The normalized spacial score (nSPS) is 10.2. The molecule has 2 rings (SSSR count). The predicted molar refractivity (Wildman–Crippen MR) is 67.7 cm³/mol. The van der Waals surface area contributed by atoms with Crippen LogP contribution in [0.1, 0.15) is 5.56 Å². The summed E-state index contributed by atoms with van der Waals surface area (Å²) in [6.45, 7) is 0.871. The number of para-hydroxylation sites is 1. The number of anilines is 1. The molecule has 18 heavy (non-hydrogen) atoms. The van der Waals surface area contributed by atoms with E-state index in [0.717, 1.165) is 5.56 Å². The van der Waals surface area contributed by atoms with Crippen LogP contribution in [0.4, 0.5) is 5.69 Å². The number of benzene rings is 1. The zero-order valence-electron chi connectivity index (χ0n) is 9.95. The molecule has 0 fully saturated rings. The average Bonchev–Trinajstić information content (AvgIpc) is 2.85. The second-order valence-electron chi connectivity index (χ2n) is 3.87. The number of hydrogen-bond donors (Lipinski definition) is 1. The van der Waals surface area contributed by atoms with E-state index in [1.807, 2.05) is 30.5 Å². The molecule has 94 valence electrons. The summed E-state index contributed by atoms with van der Waals surface area (Å²) in [5, 5.41) is 4.02. The van der Waals surface area contributed by atoms with E-state index in [9.17, 15) is 4.79 Å².